The van der Waals surface area contributed by atoms with Crippen LogP contribution in [0, 0.1) is 5.92 Å². The number of aliphatic carboxylic acids is 1. The van der Waals surface area contributed by atoms with Crippen molar-refractivity contribution >= 4 is 99.4 Å². The number of carboxylic acid groups (broad SMARTS) is 1. The van der Waals surface area contributed by atoms with Crippen LogP contribution in [0.3, 0.4) is 0 Å². The molecule has 35 heteroatoms. The van der Waals surface area contributed by atoms with Crippen molar-refractivity contribution in [1.29, 1.82) is 0 Å². The van der Waals surface area contributed by atoms with Crippen LogP contribution in [0.4, 0.5) is 0 Å². The predicted molar refractivity (Wildman–Crippen MR) is 362 cm³/mol. The fourth-order valence-corrected chi connectivity index (χ4v) is 13.1. The lowest BCUT2D eigenvalue weighted by molar-refractivity contribution is -0.178. The Balaban J connectivity index is 1.75. The molecule has 1 unspecified atom stereocenters. The minimum Gasteiger partial charge on any atom is -0.479 e. The van der Waals surface area contributed by atoms with E-state index in [-0.39, 0.29) is 94.0 Å². The van der Waals surface area contributed by atoms with E-state index in [1.54, 1.807) is 53.2 Å². The second-order valence-electron chi connectivity index (χ2n) is 23.8. The number of aliphatic imine (C=N–C) groups is 2. The number of guanidine groups is 2. The maximum atomic E-state index is 16.4. The molecule has 534 valence electrons. The largest absolute Gasteiger partial charge is 0.479 e. The highest BCUT2D eigenvalue weighted by molar-refractivity contribution is 7.10. The van der Waals surface area contributed by atoms with Gasteiger partial charge in [0.15, 0.2) is 23.5 Å². The Kier molecular flexibility index (Phi) is 32.5. The maximum Gasteiger partial charge on any atom is 0.338 e. The van der Waals surface area contributed by atoms with E-state index in [2.05, 4.69) is 41.9 Å². The maximum absolute atomic E-state index is 16.4. The number of nitrogens with one attached hydrogen (secondary N) is 6. The molecule has 0 aliphatic carbocycles. The summed E-state index contributed by atoms with van der Waals surface area (Å²) in [5, 5.41) is 52.1. The summed E-state index contributed by atoms with van der Waals surface area (Å²) in [6, 6.07) is 0.278. The number of ketones is 2. The zero-order chi connectivity index (χ0) is 71.4. The highest BCUT2D eigenvalue weighted by Crippen LogP contribution is 2.37. The third kappa shape index (κ3) is 23.1. The standard InChI is InChI=1S/C62H95N19O14S2/c63-21-6-4-16-40(65)51(86)76-43(17-5-7-22-64)54(89)77-44(18-8-23-72-60(68)69)57(92)80-25-9-19-48(80)50(85)39(20-24-73-61(70)71)62(59(94)95,49(84)33-75-53(88)45-29-36(83)32-74-45)81(56(91)42(67)31-38-15-11-27-97-38)58(93)46(28-35-12-2-1-3-13-35)78-55(90)47(34-82)79-52(87)41(66)30-37-14-10-26-96-37/h1-3,10-15,26-27,36,39-48,74,82-83H,4-9,16-25,28-34,63-67H2,(H,75,88)(H,76,86)(H,77,89)(H,78,90)(H,79,87)(H,94,95)(H4,68,69,72)(H4,70,71,73)/t36-,39?,40+,41+,42+,43+,44+,45+,46-,47+,48+,62-/m1/s1. The number of aliphatic hydroxyl groups excluding tert-OH is 2. The summed E-state index contributed by atoms with van der Waals surface area (Å²) in [6.07, 6.45) is -1.45. The predicted octanol–water partition coefficient (Wildman–Crippen LogP) is -5.51. The van der Waals surface area contributed by atoms with E-state index in [1.165, 1.54) is 23.5 Å². The molecule has 0 spiro atoms. The first-order valence-corrected chi connectivity index (χ1v) is 33.9. The van der Waals surface area contributed by atoms with Crippen molar-refractivity contribution in [2.24, 2.45) is 67.5 Å². The molecule has 33 nitrogen and oxygen atoms in total. The molecule has 3 aromatic rings. The number of nitrogens with zero attached hydrogens (tertiary/aromatic N) is 4. The molecule has 2 aromatic heterocycles. The number of imide groups is 1. The number of carbonyl (C=O) groups excluding carboxylic acids is 10. The van der Waals surface area contributed by atoms with Crippen LogP contribution in [0.2, 0.25) is 0 Å². The molecule has 27 N–H and O–H groups in total. The molecule has 4 heterocycles. The lowest BCUT2D eigenvalue weighted by atomic mass is 9.71. The molecule has 97 heavy (non-hydrogen) atoms. The summed E-state index contributed by atoms with van der Waals surface area (Å²) >= 11 is 2.42. The smallest absolute Gasteiger partial charge is 0.338 e. The topological polar surface area (TPSA) is 586 Å². The molecule has 2 aliphatic heterocycles. The van der Waals surface area contributed by atoms with Gasteiger partial charge in [-0.05, 0) is 112 Å². The Morgan fingerprint density at radius 1 is 0.649 bits per heavy atom. The fraction of sp³-hybridized carbons (Fsp3) is 0.565. The Bertz CT molecular complexity index is 3180. The normalized spacial score (nSPS) is 18.2. The number of thiophene rings is 2. The first-order valence-electron chi connectivity index (χ1n) is 32.2. The number of hydrogen-bond donors (Lipinski definition) is 18. The Morgan fingerprint density at radius 3 is 1.79 bits per heavy atom. The summed E-state index contributed by atoms with van der Waals surface area (Å²) in [6.45, 7) is -2.98. The summed E-state index contributed by atoms with van der Waals surface area (Å²) < 4.78 is 0. The summed E-state index contributed by atoms with van der Waals surface area (Å²) in [7, 11) is 0. The van der Waals surface area contributed by atoms with Gasteiger partial charge in [-0.2, -0.15) is 0 Å². The second kappa shape index (κ2) is 39.7. The van der Waals surface area contributed by atoms with Crippen molar-refractivity contribution in [2.45, 2.75) is 162 Å². The molecule has 2 fully saturated rings. The number of carboxylic acids is 1. The van der Waals surface area contributed by atoms with E-state index in [0.717, 1.165) is 16.2 Å². The molecule has 2 aliphatic rings. The second-order valence-corrected chi connectivity index (χ2v) is 25.9. The Morgan fingerprint density at radius 2 is 1.22 bits per heavy atom. The van der Waals surface area contributed by atoms with E-state index in [0.29, 0.717) is 42.0 Å². The van der Waals surface area contributed by atoms with Crippen molar-refractivity contribution in [1.82, 2.24) is 41.7 Å². The fourth-order valence-electron chi connectivity index (χ4n) is 11.6. The molecule has 5 rings (SSSR count). The van der Waals surface area contributed by atoms with Crippen molar-refractivity contribution < 1.29 is 68.1 Å². The number of hydrogen-bond acceptors (Lipinski definition) is 23. The van der Waals surface area contributed by atoms with E-state index < -0.39 is 182 Å². The van der Waals surface area contributed by atoms with E-state index >= 15 is 28.8 Å². The third-order valence-corrected chi connectivity index (χ3v) is 18.4. The van der Waals surface area contributed by atoms with Gasteiger partial charge < -0.3 is 104 Å². The van der Waals surface area contributed by atoms with Crippen LogP contribution in [0.15, 0.2) is 75.3 Å². The first kappa shape index (κ1) is 79.3. The lowest BCUT2D eigenvalue weighted by Gasteiger charge is -2.45. The van der Waals surface area contributed by atoms with Gasteiger partial charge in [0.25, 0.3) is 5.91 Å². The number of rotatable bonds is 42. The first-order chi connectivity index (χ1) is 46.3. The Hall–Kier alpha value is -8.39. The van der Waals surface area contributed by atoms with Gasteiger partial charge in [-0.15, -0.1) is 22.7 Å². The van der Waals surface area contributed by atoms with Gasteiger partial charge >= 0.3 is 5.97 Å². The van der Waals surface area contributed by atoms with Crippen LogP contribution >= 0.6 is 22.7 Å². The highest BCUT2D eigenvalue weighted by Gasteiger charge is 2.65. The Labute approximate surface area is 569 Å². The number of benzene rings is 1. The molecular weight excluding hydrogens is 1300 g/mol. The average molecular weight is 1390 g/mol. The van der Waals surface area contributed by atoms with Crippen LogP contribution in [-0.4, -0.2) is 220 Å². The number of carbonyl (C=O) groups is 11. The quantitative estimate of drug-likeness (QED) is 0.0109. The molecule has 0 bridgehead atoms. The van der Waals surface area contributed by atoms with Crippen molar-refractivity contribution in [2.75, 3.05) is 52.4 Å². The third-order valence-electron chi connectivity index (χ3n) is 16.6. The van der Waals surface area contributed by atoms with Gasteiger partial charge in [0, 0.05) is 55.2 Å². The van der Waals surface area contributed by atoms with Crippen molar-refractivity contribution in [3.8, 4) is 0 Å². The lowest BCUT2D eigenvalue weighted by Crippen LogP contribution is -2.75. The van der Waals surface area contributed by atoms with Gasteiger partial charge in [0.05, 0.1) is 55.4 Å². The van der Waals surface area contributed by atoms with Crippen LogP contribution < -0.4 is 83.5 Å². The van der Waals surface area contributed by atoms with Crippen molar-refractivity contribution in [3.05, 3.63) is 80.7 Å². The number of nitrogens with two attached hydrogens (primary N) is 9. The van der Waals surface area contributed by atoms with Gasteiger partial charge in [-0.3, -0.25) is 62.8 Å². The van der Waals surface area contributed by atoms with Crippen LogP contribution in [0.5, 0.6) is 0 Å². The zero-order valence-corrected chi connectivity index (χ0v) is 55.7. The highest BCUT2D eigenvalue weighted by atomic mass is 32.1. The number of β-amino-alcohol motifs (C(OH)–C–C–N with tert-alkyl or cyclic N) is 1. The minimum atomic E-state index is -3.88. The minimum absolute atomic E-state index is 0.00780. The van der Waals surface area contributed by atoms with Gasteiger partial charge in [-0.25, -0.2) is 4.79 Å². The SMILES string of the molecule is NCCCC[C@H](NC(=O)[C@@H](N)CCCCN)C(=O)N[C@@H](CCCN=C(N)N)C(=O)N1CCC[C@H]1C(=O)C(CCN=C(N)N)[C@](C(=O)O)(C(=O)CNC(=O)[C@@H]1C[C@@H](O)CN1)N(C(=O)[C@@H](N)Cc1cccs1)C(=O)[C@@H](Cc1ccccc1)NC(=O)[C@H](CO)NC(=O)[C@@H](N)Cc1cccs1. The van der Waals surface area contributed by atoms with E-state index in [1.807, 2.05) is 0 Å². The molecule has 12 atom stereocenters. The molecular formula is C62H95N19O14S2. The molecule has 8 amide bonds. The van der Waals surface area contributed by atoms with Gasteiger partial charge in [0.2, 0.25) is 46.9 Å². The number of amides is 8. The number of Topliss-reactive ketones (excluding diaryl/α,β-unsaturated/α-hetero) is 2. The van der Waals surface area contributed by atoms with E-state index in [4.69, 9.17) is 51.6 Å². The monoisotopic (exact) mass is 1390 g/mol. The molecule has 0 saturated carbocycles. The van der Waals surface area contributed by atoms with Crippen molar-refractivity contribution in [3.63, 3.8) is 0 Å². The van der Waals surface area contributed by atoms with Crippen LogP contribution in [0.25, 0.3) is 0 Å². The van der Waals surface area contributed by atoms with Crippen LogP contribution in [-0.2, 0) is 72.0 Å². The van der Waals surface area contributed by atoms with E-state index in [9.17, 15) is 39.3 Å². The number of aliphatic hydroxyl groups is 2. The molecule has 0 radical (unpaired) electrons. The number of likely N-dealkylation sites (tertiary alicyclic amines) is 1. The summed E-state index contributed by atoms with van der Waals surface area (Å²) in [5.41, 5.74) is 50.0. The zero-order valence-electron chi connectivity index (χ0n) is 54.1. The van der Waals surface area contributed by atoms with Gasteiger partial charge in [0.1, 0.15) is 24.2 Å². The molecule has 2 saturated heterocycles. The van der Waals surface area contributed by atoms with Crippen LogP contribution in [0.1, 0.15) is 92.4 Å². The summed E-state index contributed by atoms with van der Waals surface area (Å²) in [5.74, 6) is -17.6. The summed E-state index contributed by atoms with van der Waals surface area (Å²) in [4.78, 5) is 176. The average Bonchev–Trinajstić information content (AvgIpc) is 1.15. The van der Waals surface area contributed by atoms with Gasteiger partial charge in [-0.1, -0.05) is 48.9 Å². The molecule has 1 aromatic carbocycles. The number of unbranched alkanes of at least 4 members (excludes halogenated alkanes) is 2.